The second-order valence-corrected chi connectivity index (χ2v) is 5.92. The van der Waals surface area contributed by atoms with Gasteiger partial charge in [0.05, 0.1) is 18.6 Å². The van der Waals surface area contributed by atoms with E-state index in [1.807, 2.05) is 0 Å². The summed E-state index contributed by atoms with van der Waals surface area (Å²) < 4.78 is 32.9. The van der Waals surface area contributed by atoms with Gasteiger partial charge in [0.15, 0.2) is 5.78 Å². The van der Waals surface area contributed by atoms with Gasteiger partial charge in [0.2, 0.25) is 0 Å². The number of halogens is 2. The second-order valence-electron chi connectivity index (χ2n) is 5.92. The maximum atomic E-state index is 14.4. The smallest absolute Gasteiger partial charge is 0.336 e. The fraction of sp³-hybridized carbons (Fsp3) is 0.333. The number of rotatable bonds is 2. The molecule has 1 aromatic rings. The molecule has 0 spiro atoms. The van der Waals surface area contributed by atoms with Crippen molar-refractivity contribution in [1.82, 2.24) is 5.32 Å². The van der Waals surface area contributed by atoms with Crippen molar-refractivity contribution in [1.29, 1.82) is 0 Å². The molecule has 1 N–H and O–H groups in total. The average molecular weight is 333 g/mol. The summed E-state index contributed by atoms with van der Waals surface area (Å²) in [6, 6.07) is 3.05. The highest BCUT2D eigenvalue weighted by atomic mass is 19.1. The normalized spacial score (nSPS) is 20.7. The van der Waals surface area contributed by atoms with Gasteiger partial charge in [-0.1, -0.05) is 0 Å². The molecule has 0 bridgehead atoms. The molecule has 126 valence electrons. The van der Waals surface area contributed by atoms with Crippen LogP contribution in [0.1, 0.15) is 37.7 Å². The highest BCUT2D eigenvalue weighted by Crippen LogP contribution is 2.43. The quantitative estimate of drug-likeness (QED) is 0.845. The van der Waals surface area contributed by atoms with Gasteiger partial charge < -0.3 is 10.1 Å². The van der Waals surface area contributed by atoms with E-state index in [0.717, 1.165) is 18.2 Å². The number of benzene rings is 1. The Morgan fingerprint density at radius 3 is 2.75 bits per heavy atom. The van der Waals surface area contributed by atoms with Crippen LogP contribution in [0.3, 0.4) is 0 Å². The van der Waals surface area contributed by atoms with Gasteiger partial charge in [0.25, 0.3) is 0 Å². The molecule has 0 aromatic heterocycles. The Kier molecular flexibility index (Phi) is 4.22. The minimum absolute atomic E-state index is 0.0287. The topological polar surface area (TPSA) is 55.4 Å². The minimum Gasteiger partial charge on any atom is -0.466 e. The Hall–Kier alpha value is -2.50. The van der Waals surface area contributed by atoms with Gasteiger partial charge in [0.1, 0.15) is 11.6 Å². The molecule has 0 saturated carbocycles. The monoisotopic (exact) mass is 333 g/mol. The lowest BCUT2D eigenvalue weighted by molar-refractivity contribution is -0.136. The Morgan fingerprint density at radius 2 is 2.04 bits per heavy atom. The van der Waals surface area contributed by atoms with E-state index in [2.05, 4.69) is 5.32 Å². The Morgan fingerprint density at radius 1 is 1.29 bits per heavy atom. The number of ketones is 1. The lowest BCUT2D eigenvalue weighted by Gasteiger charge is -2.34. The Labute approximate surface area is 138 Å². The molecule has 0 fully saturated rings. The van der Waals surface area contributed by atoms with Crippen LogP contribution < -0.4 is 5.32 Å². The van der Waals surface area contributed by atoms with Crippen molar-refractivity contribution in [3.63, 3.8) is 0 Å². The Bertz CT molecular complexity index is 795. The van der Waals surface area contributed by atoms with Crippen LogP contribution in [-0.2, 0) is 14.3 Å². The number of hydrogen-bond acceptors (Lipinski definition) is 4. The number of esters is 1. The first kappa shape index (κ1) is 16.4. The number of hydrogen-bond donors (Lipinski definition) is 1. The predicted octanol–water partition coefficient (Wildman–Crippen LogP) is 3.11. The standard InChI is InChI=1S/C18H17F2NO3/c1-9-15(18(23)24-2)16(11-8-10(19)6-7-12(11)20)17-13(21-9)4-3-5-14(17)22/h6-8,16,21H,3-5H2,1-2H3. The molecule has 1 aliphatic carbocycles. The van der Waals surface area contributed by atoms with E-state index in [4.69, 9.17) is 4.74 Å². The second kappa shape index (κ2) is 6.19. The van der Waals surface area contributed by atoms with Crippen LogP contribution in [-0.4, -0.2) is 18.9 Å². The zero-order valence-electron chi connectivity index (χ0n) is 13.4. The van der Waals surface area contributed by atoms with Gasteiger partial charge in [-0.3, -0.25) is 4.79 Å². The summed E-state index contributed by atoms with van der Waals surface area (Å²) in [4.78, 5) is 24.8. The van der Waals surface area contributed by atoms with Crippen molar-refractivity contribution in [2.45, 2.75) is 32.1 Å². The highest BCUT2D eigenvalue weighted by Gasteiger charge is 2.40. The van der Waals surface area contributed by atoms with Gasteiger partial charge >= 0.3 is 5.97 Å². The van der Waals surface area contributed by atoms with Crippen LogP contribution in [0, 0.1) is 11.6 Å². The van der Waals surface area contributed by atoms with Crippen LogP contribution in [0.5, 0.6) is 0 Å². The molecule has 1 aliphatic heterocycles. The molecule has 1 unspecified atom stereocenters. The molecule has 1 heterocycles. The highest BCUT2D eigenvalue weighted by molar-refractivity contribution is 6.03. The molecular weight excluding hydrogens is 316 g/mol. The van der Waals surface area contributed by atoms with E-state index in [1.54, 1.807) is 6.92 Å². The molecule has 1 atom stereocenters. The predicted molar refractivity (Wildman–Crippen MR) is 82.8 cm³/mol. The first-order valence-electron chi connectivity index (χ1n) is 7.71. The zero-order chi connectivity index (χ0) is 17.4. The number of methoxy groups -OCH3 is 1. The molecule has 1 aromatic carbocycles. The molecular formula is C18H17F2NO3. The van der Waals surface area contributed by atoms with Crippen molar-refractivity contribution in [2.75, 3.05) is 7.11 Å². The number of carbonyl (C=O) groups excluding carboxylic acids is 2. The van der Waals surface area contributed by atoms with Gasteiger partial charge in [0, 0.05) is 29.0 Å². The first-order valence-corrected chi connectivity index (χ1v) is 7.71. The average Bonchev–Trinajstić information content (AvgIpc) is 2.55. The molecule has 0 saturated heterocycles. The third kappa shape index (κ3) is 2.62. The molecule has 3 rings (SSSR count). The fourth-order valence-electron chi connectivity index (χ4n) is 3.41. The number of allylic oxidation sites excluding steroid dienone is 3. The zero-order valence-corrected chi connectivity index (χ0v) is 13.4. The lowest BCUT2D eigenvalue weighted by Crippen LogP contribution is -2.34. The van der Waals surface area contributed by atoms with Gasteiger partial charge in [-0.05, 0) is 38.0 Å². The summed E-state index contributed by atoms with van der Waals surface area (Å²) in [6.45, 7) is 1.67. The van der Waals surface area contributed by atoms with Crippen molar-refractivity contribution >= 4 is 11.8 Å². The number of nitrogens with one attached hydrogen (secondary N) is 1. The lowest BCUT2D eigenvalue weighted by atomic mass is 9.75. The molecule has 0 amide bonds. The van der Waals surface area contributed by atoms with Crippen molar-refractivity contribution in [3.05, 3.63) is 57.9 Å². The number of carbonyl (C=O) groups is 2. The largest absolute Gasteiger partial charge is 0.466 e. The Balaban J connectivity index is 2.26. The summed E-state index contributed by atoms with van der Waals surface area (Å²) >= 11 is 0. The van der Waals surface area contributed by atoms with E-state index in [-0.39, 0.29) is 16.9 Å². The van der Waals surface area contributed by atoms with Crippen molar-refractivity contribution in [3.8, 4) is 0 Å². The van der Waals surface area contributed by atoms with Crippen LogP contribution in [0.15, 0.2) is 40.7 Å². The minimum atomic E-state index is -0.961. The SMILES string of the molecule is COC(=O)C1=C(C)NC2=C(C(=O)CCC2)C1c1cc(F)ccc1F. The van der Waals surface area contributed by atoms with Crippen LogP contribution in [0.2, 0.25) is 0 Å². The molecule has 24 heavy (non-hydrogen) atoms. The van der Waals surface area contributed by atoms with Gasteiger partial charge in [-0.15, -0.1) is 0 Å². The molecule has 0 radical (unpaired) electrons. The van der Waals surface area contributed by atoms with E-state index in [0.29, 0.717) is 36.2 Å². The van der Waals surface area contributed by atoms with Crippen LogP contribution in [0.25, 0.3) is 0 Å². The maximum absolute atomic E-state index is 14.4. The molecule has 4 nitrogen and oxygen atoms in total. The summed E-state index contributed by atoms with van der Waals surface area (Å²) in [5, 5.41) is 3.07. The van der Waals surface area contributed by atoms with Crippen LogP contribution in [0.4, 0.5) is 8.78 Å². The van der Waals surface area contributed by atoms with Gasteiger partial charge in [-0.25, -0.2) is 13.6 Å². The van der Waals surface area contributed by atoms with E-state index >= 15 is 0 Å². The first-order chi connectivity index (χ1) is 11.4. The van der Waals surface area contributed by atoms with E-state index in [9.17, 15) is 18.4 Å². The number of Topliss-reactive ketones (excluding diaryl/α,β-unsaturated/α-hetero) is 1. The third-order valence-electron chi connectivity index (χ3n) is 4.45. The summed E-state index contributed by atoms with van der Waals surface area (Å²) in [5.41, 5.74) is 1.60. The summed E-state index contributed by atoms with van der Waals surface area (Å²) in [5.74, 6) is -3.08. The molecule has 2 aliphatic rings. The van der Waals surface area contributed by atoms with E-state index in [1.165, 1.54) is 7.11 Å². The molecule has 6 heteroatoms. The van der Waals surface area contributed by atoms with E-state index < -0.39 is 23.5 Å². The number of ether oxygens (including phenoxy) is 1. The van der Waals surface area contributed by atoms with Crippen molar-refractivity contribution in [2.24, 2.45) is 0 Å². The fourth-order valence-corrected chi connectivity index (χ4v) is 3.41. The summed E-state index contributed by atoms with van der Waals surface area (Å²) in [6.07, 6.45) is 1.63. The number of dihydropyridines is 1. The summed E-state index contributed by atoms with van der Waals surface area (Å²) in [7, 11) is 1.22. The van der Waals surface area contributed by atoms with Crippen LogP contribution >= 0.6 is 0 Å². The third-order valence-corrected chi connectivity index (χ3v) is 4.45. The van der Waals surface area contributed by atoms with Gasteiger partial charge in [-0.2, -0.15) is 0 Å². The maximum Gasteiger partial charge on any atom is 0.336 e. The van der Waals surface area contributed by atoms with Crippen molar-refractivity contribution < 1.29 is 23.1 Å².